The molecule has 0 saturated carbocycles. The van der Waals surface area contributed by atoms with Crippen LogP contribution in [0.4, 0.5) is 0 Å². The van der Waals surface area contributed by atoms with Crippen LogP contribution in [0.25, 0.3) is 5.57 Å². The number of nitrogens with one attached hydrogen (secondary N) is 2. The van der Waals surface area contributed by atoms with E-state index >= 15 is 0 Å². The van der Waals surface area contributed by atoms with Crippen molar-refractivity contribution in [3.8, 4) is 0 Å². The third kappa shape index (κ3) is 5.72. The van der Waals surface area contributed by atoms with Gasteiger partial charge in [-0.25, -0.2) is 5.48 Å². The van der Waals surface area contributed by atoms with Gasteiger partial charge in [-0.3, -0.25) is 14.8 Å². The Morgan fingerprint density at radius 2 is 1.73 bits per heavy atom. The highest BCUT2D eigenvalue weighted by Gasteiger charge is 2.14. The highest BCUT2D eigenvalue weighted by Crippen LogP contribution is 2.28. The second-order valence-corrected chi connectivity index (χ2v) is 7.76. The SMILES string of the molecule is CSC1=CC=C(/C=C(/C(=O)NCc2ccc(C(=O)NO)cc2)c2ccccc2)CC1. The van der Waals surface area contributed by atoms with Crippen LogP contribution in [0.15, 0.2) is 83.3 Å². The summed E-state index contributed by atoms with van der Waals surface area (Å²) in [7, 11) is 0. The summed E-state index contributed by atoms with van der Waals surface area (Å²) in [6.07, 6.45) is 10.1. The van der Waals surface area contributed by atoms with Gasteiger partial charge in [-0.2, -0.15) is 0 Å². The fourth-order valence-corrected chi connectivity index (χ4v) is 3.63. The van der Waals surface area contributed by atoms with Crippen molar-refractivity contribution in [2.75, 3.05) is 6.26 Å². The van der Waals surface area contributed by atoms with Gasteiger partial charge in [0.15, 0.2) is 0 Å². The minimum Gasteiger partial charge on any atom is -0.348 e. The second kappa shape index (κ2) is 10.6. The molecule has 0 bridgehead atoms. The summed E-state index contributed by atoms with van der Waals surface area (Å²) in [5, 5.41) is 11.7. The molecule has 2 aromatic carbocycles. The number of thioether (sulfide) groups is 1. The Labute approximate surface area is 180 Å². The van der Waals surface area contributed by atoms with E-state index in [0.717, 1.165) is 29.5 Å². The van der Waals surface area contributed by atoms with Crippen LogP contribution in [-0.4, -0.2) is 23.3 Å². The number of carbonyl (C=O) groups excluding carboxylic acids is 2. The Kier molecular flexibility index (Phi) is 7.65. The molecule has 2 amide bonds. The van der Waals surface area contributed by atoms with Crippen LogP contribution in [-0.2, 0) is 11.3 Å². The first-order chi connectivity index (χ1) is 14.6. The van der Waals surface area contributed by atoms with Crippen molar-refractivity contribution in [2.45, 2.75) is 19.4 Å². The first-order valence-electron chi connectivity index (χ1n) is 9.63. The number of rotatable bonds is 7. The van der Waals surface area contributed by atoms with E-state index in [1.807, 2.05) is 36.4 Å². The predicted octanol–water partition coefficient (Wildman–Crippen LogP) is 4.47. The molecule has 6 heteroatoms. The molecule has 0 fully saturated rings. The summed E-state index contributed by atoms with van der Waals surface area (Å²) in [6.45, 7) is 0.333. The van der Waals surface area contributed by atoms with Gasteiger partial charge in [0.1, 0.15) is 0 Å². The Balaban J connectivity index is 1.76. The quantitative estimate of drug-likeness (QED) is 0.351. The van der Waals surface area contributed by atoms with E-state index in [1.165, 1.54) is 4.91 Å². The van der Waals surface area contributed by atoms with Crippen molar-refractivity contribution in [3.05, 3.63) is 100.0 Å². The normalized spacial score (nSPS) is 13.9. The molecule has 0 aromatic heterocycles. The second-order valence-electron chi connectivity index (χ2n) is 6.82. The van der Waals surface area contributed by atoms with Gasteiger partial charge in [-0.15, -0.1) is 11.8 Å². The highest BCUT2D eigenvalue weighted by atomic mass is 32.2. The minimum absolute atomic E-state index is 0.154. The van der Waals surface area contributed by atoms with Crippen molar-refractivity contribution < 1.29 is 14.8 Å². The van der Waals surface area contributed by atoms with Crippen molar-refractivity contribution in [1.82, 2.24) is 10.8 Å². The maximum Gasteiger partial charge on any atom is 0.274 e. The van der Waals surface area contributed by atoms with Crippen molar-refractivity contribution in [3.63, 3.8) is 0 Å². The zero-order valence-electron chi connectivity index (χ0n) is 16.7. The van der Waals surface area contributed by atoms with Gasteiger partial charge < -0.3 is 5.32 Å². The van der Waals surface area contributed by atoms with Gasteiger partial charge in [-0.05, 0) is 58.9 Å². The number of allylic oxidation sites excluding steroid dienone is 5. The van der Waals surface area contributed by atoms with Gasteiger partial charge in [0.25, 0.3) is 11.8 Å². The summed E-state index contributed by atoms with van der Waals surface area (Å²) in [6, 6.07) is 16.3. The molecule has 0 aliphatic heterocycles. The standard InChI is InChI=1S/C24H24N2O3S/c1-30-21-13-9-17(10-14-21)15-22(19-5-3-2-4-6-19)24(28)25-16-18-7-11-20(12-8-18)23(27)26-29/h2-9,11-13,15,29H,10,14,16H2,1H3,(H,25,28)(H,26,27)/b22-15+. The maximum atomic E-state index is 13.0. The van der Waals surface area contributed by atoms with E-state index in [9.17, 15) is 9.59 Å². The van der Waals surface area contributed by atoms with E-state index in [-0.39, 0.29) is 5.91 Å². The third-order valence-electron chi connectivity index (χ3n) is 4.84. The lowest BCUT2D eigenvalue weighted by atomic mass is 9.97. The molecule has 0 atom stereocenters. The number of carbonyl (C=O) groups is 2. The third-order valence-corrected chi connectivity index (χ3v) is 5.70. The lowest BCUT2D eigenvalue weighted by Crippen LogP contribution is -2.24. The smallest absolute Gasteiger partial charge is 0.274 e. The van der Waals surface area contributed by atoms with E-state index in [2.05, 4.69) is 23.7 Å². The molecule has 1 aliphatic carbocycles. The predicted molar refractivity (Wildman–Crippen MR) is 121 cm³/mol. The first kappa shape index (κ1) is 21.6. The number of benzene rings is 2. The Hall–Kier alpha value is -3.09. The maximum absolute atomic E-state index is 13.0. The molecule has 2 aromatic rings. The zero-order valence-corrected chi connectivity index (χ0v) is 17.5. The molecule has 0 unspecified atom stereocenters. The van der Waals surface area contributed by atoms with Crippen molar-refractivity contribution in [1.29, 1.82) is 0 Å². The van der Waals surface area contributed by atoms with Crippen LogP contribution in [0.2, 0.25) is 0 Å². The molecule has 5 nitrogen and oxygen atoms in total. The molecule has 154 valence electrons. The van der Waals surface area contributed by atoms with E-state index < -0.39 is 5.91 Å². The average molecular weight is 421 g/mol. The van der Waals surface area contributed by atoms with Crippen molar-refractivity contribution >= 4 is 29.1 Å². The fraction of sp³-hybridized carbons (Fsp3) is 0.167. The molecule has 1 aliphatic rings. The van der Waals surface area contributed by atoms with Crippen LogP contribution in [0.3, 0.4) is 0 Å². The summed E-state index contributed by atoms with van der Waals surface area (Å²) in [4.78, 5) is 25.8. The van der Waals surface area contributed by atoms with Crippen molar-refractivity contribution in [2.24, 2.45) is 0 Å². The molecule has 0 heterocycles. The summed E-state index contributed by atoms with van der Waals surface area (Å²) < 4.78 is 0. The molecular formula is C24H24N2O3S. The first-order valence-corrected chi connectivity index (χ1v) is 10.9. The van der Waals surface area contributed by atoms with Crippen LogP contribution in [0.5, 0.6) is 0 Å². The molecule has 30 heavy (non-hydrogen) atoms. The lowest BCUT2D eigenvalue weighted by Gasteiger charge is -2.14. The van der Waals surface area contributed by atoms with E-state index in [0.29, 0.717) is 17.7 Å². The minimum atomic E-state index is -0.570. The van der Waals surface area contributed by atoms with Gasteiger partial charge in [0, 0.05) is 17.7 Å². The number of hydrogen-bond donors (Lipinski definition) is 3. The number of amides is 2. The number of hydroxylamine groups is 1. The van der Waals surface area contributed by atoms with Gasteiger partial charge in [0.2, 0.25) is 0 Å². The molecule has 0 spiro atoms. The van der Waals surface area contributed by atoms with Crippen LogP contribution in [0, 0.1) is 0 Å². The van der Waals surface area contributed by atoms with Crippen LogP contribution >= 0.6 is 11.8 Å². The number of hydrogen-bond acceptors (Lipinski definition) is 4. The van der Waals surface area contributed by atoms with Gasteiger partial charge in [0.05, 0.1) is 0 Å². The molecule has 3 N–H and O–H groups in total. The zero-order chi connectivity index (χ0) is 21.3. The van der Waals surface area contributed by atoms with Crippen LogP contribution in [0.1, 0.15) is 34.3 Å². The summed E-state index contributed by atoms with van der Waals surface area (Å²) in [5.74, 6) is -0.724. The van der Waals surface area contributed by atoms with E-state index in [1.54, 1.807) is 41.5 Å². The molecule has 3 rings (SSSR count). The summed E-state index contributed by atoms with van der Waals surface area (Å²) in [5.41, 5.74) is 5.42. The molecule has 0 radical (unpaired) electrons. The lowest BCUT2D eigenvalue weighted by molar-refractivity contribution is -0.115. The Morgan fingerprint density at radius 3 is 2.33 bits per heavy atom. The Morgan fingerprint density at radius 1 is 1.00 bits per heavy atom. The van der Waals surface area contributed by atoms with Crippen LogP contribution < -0.4 is 10.8 Å². The highest BCUT2D eigenvalue weighted by molar-refractivity contribution is 8.02. The monoisotopic (exact) mass is 420 g/mol. The van der Waals surface area contributed by atoms with Gasteiger partial charge in [-0.1, -0.05) is 54.6 Å². The topological polar surface area (TPSA) is 78.4 Å². The fourth-order valence-electron chi connectivity index (χ4n) is 3.12. The molecule has 0 saturated heterocycles. The van der Waals surface area contributed by atoms with Gasteiger partial charge >= 0.3 is 0 Å². The Bertz CT molecular complexity index is 993. The summed E-state index contributed by atoms with van der Waals surface area (Å²) >= 11 is 1.76. The van der Waals surface area contributed by atoms with E-state index in [4.69, 9.17) is 5.21 Å². The largest absolute Gasteiger partial charge is 0.348 e. The molecular weight excluding hydrogens is 396 g/mol. The average Bonchev–Trinajstić information content (AvgIpc) is 2.81.